The molecule has 0 bridgehead atoms. The van der Waals surface area contributed by atoms with Crippen molar-refractivity contribution in [3.8, 4) is 5.75 Å². The first-order chi connectivity index (χ1) is 8.77. The zero-order valence-corrected chi connectivity index (χ0v) is 10.8. The predicted molar refractivity (Wildman–Crippen MR) is 67.0 cm³/mol. The van der Waals surface area contributed by atoms with Gasteiger partial charge in [-0.15, -0.1) is 0 Å². The monoisotopic (exact) mass is 253 g/mol. The summed E-state index contributed by atoms with van der Waals surface area (Å²) in [5.41, 5.74) is 0.552. The third-order valence-corrected chi connectivity index (χ3v) is 2.25. The van der Waals surface area contributed by atoms with Gasteiger partial charge in [0.2, 0.25) is 0 Å². The lowest BCUT2D eigenvalue weighted by Crippen LogP contribution is -2.08. The number of carbonyl (C=O) groups excluding carboxylic acids is 1. The summed E-state index contributed by atoms with van der Waals surface area (Å²) >= 11 is 0. The Kier molecular flexibility index (Phi) is 6.98. The number of hydrogen-bond acceptors (Lipinski definition) is 5. The molecule has 1 rings (SSSR count). The Morgan fingerprint density at radius 2 is 2.11 bits per heavy atom. The van der Waals surface area contributed by atoms with Crippen LogP contribution in [0, 0.1) is 0 Å². The van der Waals surface area contributed by atoms with Crippen LogP contribution in [0.3, 0.4) is 0 Å². The summed E-state index contributed by atoms with van der Waals surface area (Å²) in [6.45, 7) is 3.87. The molecule has 0 amide bonds. The molecule has 0 aliphatic carbocycles. The Hall–Kier alpha value is -1.46. The van der Waals surface area contributed by atoms with E-state index in [1.165, 1.54) is 0 Å². The van der Waals surface area contributed by atoms with Gasteiger partial charge in [0.1, 0.15) is 5.75 Å². The van der Waals surface area contributed by atoms with E-state index < -0.39 is 0 Å². The number of carbonyl (C=O) groups is 1. The van der Waals surface area contributed by atoms with Gasteiger partial charge in [-0.2, -0.15) is 0 Å². The maximum atomic E-state index is 11.8. The first-order valence-corrected chi connectivity index (χ1v) is 5.95. The minimum Gasteiger partial charge on any atom is -0.492 e. The minimum absolute atomic E-state index is 0.00136. The number of aromatic nitrogens is 1. The summed E-state index contributed by atoms with van der Waals surface area (Å²) in [6, 6.07) is 1.70. The van der Waals surface area contributed by atoms with E-state index in [4.69, 9.17) is 14.2 Å². The van der Waals surface area contributed by atoms with Crippen molar-refractivity contribution in [2.45, 2.75) is 13.3 Å². The zero-order valence-electron chi connectivity index (χ0n) is 10.8. The van der Waals surface area contributed by atoms with E-state index in [2.05, 4.69) is 4.98 Å². The first kappa shape index (κ1) is 14.6. The number of methoxy groups -OCH3 is 1. The van der Waals surface area contributed by atoms with Gasteiger partial charge in [-0.1, -0.05) is 0 Å². The van der Waals surface area contributed by atoms with Crippen molar-refractivity contribution < 1.29 is 19.0 Å². The van der Waals surface area contributed by atoms with Gasteiger partial charge in [0.25, 0.3) is 0 Å². The van der Waals surface area contributed by atoms with Gasteiger partial charge in [-0.05, 0) is 13.0 Å². The molecule has 0 unspecified atom stereocenters. The van der Waals surface area contributed by atoms with E-state index in [9.17, 15) is 4.79 Å². The molecule has 5 nitrogen and oxygen atoms in total. The Morgan fingerprint density at radius 3 is 2.83 bits per heavy atom. The lowest BCUT2D eigenvalue weighted by molar-refractivity contribution is 0.0641. The standard InChI is InChI=1S/C13H19NO4/c1-3-18-12-8-11(9-14-10-12)13(15)4-5-17-7-6-16-2/h8-10H,3-7H2,1-2H3. The highest BCUT2D eigenvalue weighted by molar-refractivity contribution is 5.96. The summed E-state index contributed by atoms with van der Waals surface area (Å²) in [4.78, 5) is 15.8. The Labute approximate surface area is 107 Å². The van der Waals surface area contributed by atoms with E-state index in [1.54, 1.807) is 25.6 Å². The van der Waals surface area contributed by atoms with Gasteiger partial charge in [-0.3, -0.25) is 9.78 Å². The average Bonchev–Trinajstić information content (AvgIpc) is 2.39. The lowest BCUT2D eigenvalue weighted by atomic mass is 10.1. The van der Waals surface area contributed by atoms with Crippen LogP contribution < -0.4 is 4.74 Å². The maximum Gasteiger partial charge on any atom is 0.166 e. The van der Waals surface area contributed by atoms with Gasteiger partial charge >= 0.3 is 0 Å². The normalized spacial score (nSPS) is 10.3. The summed E-state index contributed by atoms with van der Waals surface area (Å²) in [6.07, 6.45) is 3.47. The highest BCUT2D eigenvalue weighted by atomic mass is 16.5. The van der Waals surface area contributed by atoms with Crippen molar-refractivity contribution in [3.63, 3.8) is 0 Å². The molecule has 0 aliphatic heterocycles. The molecule has 0 N–H and O–H groups in total. The molecule has 0 spiro atoms. The molecular formula is C13H19NO4. The molecule has 0 radical (unpaired) electrons. The molecule has 1 heterocycles. The van der Waals surface area contributed by atoms with Crippen LogP contribution in [0.15, 0.2) is 18.5 Å². The number of ketones is 1. The maximum absolute atomic E-state index is 11.8. The van der Waals surface area contributed by atoms with Crippen molar-refractivity contribution in [1.82, 2.24) is 4.98 Å². The fraction of sp³-hybridized carbons (Fsp3) is 0.538. The van der Waals surface area contributed by atoms with E-state index in [0.29, 0.717) is 44.2 Å². The van der Waals surface area contributed by atoms with Gasteiger partial charge in [0.05, 0.1) is 32.6 Å². The van der Waals surface area contributed by atoms with Crippen molar-refractivity contribution >= 4 is 5.78 Å². The smallest absolute Gasteiger partial charge is 0.166 e. The van der Waals surface area contributed by atoms with E-state index in [0.717, 1.165) is 0 Å². The van der Waals surface area contributed by atoms with Gasteiger partial charge in [-0.25, -0.2) is 0 Å². The van der Waals surface area contributed by atoms with Crippen molar-refractivity contribution in [2.75, 3.05) is 33.5 Å². The van der Waals surface area contributed by atoms with Gasteiger partial charge in [0, 0.05) is 25.3 Å². The molecule has 0 aliphatic rings. The second-order valence-electron chi connectivity index (χ2n) is 3.62. The van der Waals surface area contributed by atoms with E-state index in [-0.39, 0.29) is 5.78 Å². The third-order valence-electron chi connectivity index (χ3n) is 2.25. The number of pyridine rings is 1. The van der Waals surface area contributed by atoms with Crippen LogP contribution in [0.1, 0.15) is 23.7 Å². The molecule has 0 saturated heterocycles. The molecule has 0 aromatic carbocycles. The fourth-order valence-corrected chi connectivity index (χ4v) is 1.37. The Bertz CT molecular complexity index is 368. The van der Waals surface area contributed by atoms with Crippen LogP contribution in [0.4, 0.5) is 0 Å². The summed E-state index contributed by atoms with van der Waals surface area (Å²) in [5, 5.41) is 0. The molecule has 1 aromatic heterocycles. The van der Waals surface area contributed by atoms with Crippen molar-refractivity contribution in [2.24, 2.45) is 0 Å². The molecule has 0 saturated carbocycles. The predicted octanol–water partition coefficient (Wildman–Crippen LogP) is 1.72. The molecule has 5 heteroatoms. The number of Topliss-reactive ketones (excluding diaryl/α,β-unsaturated/α-hetero) is 1. The van der Waals surface area contributed by atoms with Crippen molar-refractivity contribution in [3.05, 3.63) is 24.0 Å². The van der Waals surface area contributed by atoms with Gasteiger partial charge < -0.3 is 14.2 Å². The van der Waals surface area contributed by atoms with Crippen LogP contribution in [0.2, 0.25) is 0 Å². The van der Waals surface area contributed by atoms with E-state index in [1.807, 2.05) is 6.92 Å². The molecule has 0 fully saturated rings. The minimum atomic E-state index is 0.00136. The number of nitrogens with zero attached hydrogens (tertiary/aromatic N) is 1. The number of rotatable bonds is 9. The van der Waals surface area contributed by atoms with Gasteiger partial charge in [0.15, 0.2) is 5.78 Å². The largest absolute Gasteiger partial charge is 0.492 e. The zero-order chi connectivity index (χ0) is 13.2. The average molecular weight is 253 g/mol. The Morgan fingerprint density at radius 1 is 1.28 bits per heavy atom. The quantitative estimate of drug-likeness (QED) is 0.495. The molecule has 1 aromatic rings. The molecule has 18 heavy (non-hydrogen) atoms. The summed E-state index contributed by atoms with van der Waals surface area (Å²) < 4.78 is 15.4. The van der Waals surface area contributed by atoms with Crippen LogP contribution in [-0.2, 0) is 9.47 Å². The number of hydrogen-bond donors (Lipinski definition) is 0. The first-order valence-electron chi connectivity index (χ1n) is 5.95. The van der Waals surface area contributed by atoms with Crippen LogP contribution in [0.25, 0.3) is 0 Å². The second-order valence-corrected chi connectivity index (χ2v) is 3.62. The number of ether oxygens (including phenoxy) is 3. The lowest BCUT2D eigenvalue weighted by Gasteiger charge is -2.05. The van der Waals surface area contributed by atoms with Crippen LogP contribution in [-0.4, -0.2) is 44.3 Å². The highest BCUT2D eigenvalue weighted by Gasteiger charge is 2.07. The third kappa shape index (κ3) is 5.25. The summed E-state index contributed by atoms with van der Waals surface area (Å²) in [7, 11) is 1.61. The molecular weight excluding hydrogens is 234 g/mol. The topological polar surface area (TPSA) is 57.7 Å². The molecule has 0 atom stereocenters. The van der Waals surface area contributed by atoms with Crippen molar-refractivity contribution in [1.29, 1.82) is 0 Å². The SMILES string of the molecule is CCOc1cncc(C(=O)CCOCCOC)c1. The van der Waals surface area contributed by atoms with E-state index >= 15 is 0 Å². The summed E-state index contributed by atoms with van der Waals surface area (Å²) in [5.74, 6) is 0.616. The Balaban J connectivity index is 2.38. The molecule has 100 valence electrons. The van der Waals surface area contributed by atoms with Crippen LogP contribution in [0.5, 0.6) is 5.75 Å². The fourth-order valence-electron chi connectivity index (χ4n) is 1.37. The van der Waals surface area contributed by atoms with Crippen LogP contribution >= 0.6 is 0 Å². The highest BCUT2D eigenvalue weighted by Crippen LogP contribution is 2.12. The second kappa shape index (κ2) is 8.60.